The molecular weight excluding hydrogens is 289 g/mol. The van der Waals surface area contributed by atoms with Gasteiger partial charge in [-0.05, 0) is 29.2 Å². The summed E-state index contributed by atoms with van der Waals surface area (Å²) in [6.07, 6.45) is -3.31. The molecule has 0 radical (unpaired) electrons. The largest absolute Gasteiger partial charge is 0.416 e. The van der Waals surface area contributed by atoms with Crippen molar-refractivity contribution in [1.82, 2.24) is 5.32 Å². The molecule has 1 aliphatic heterocycles. The van der Waals surface area contributed by atoms with Crippen molar-refractivity contribution >= 4 is 5.69 Å². The van der Waals surface area contributed by atoms with Crippen LogP contribution in [0.5, 0.6) is 0 Å². The number of fused-ring (bicyclic) bond motifs is 1. The monoisotopic (exact) mass is 306 g/mol. The minimum atomic E-state index is -4.31. The number of hydrogen-bond acceptors (Lipinski definition) is 2. The van der Waals surface area contributed by atoms with Gasteiger partial charge in [0.25, 0.3) is 0 Å². The maximum atomic E-state index is 12.9. The molecule has 2 aromatic rings. The summed E-state index contributed by atoms with van der Waals surface area (Å²) in [5.74, 6) is 0. The highest BCUT2D eigenvalue weighted by Gasteiger charge is 2.32. The van der Waals surface area contributed by atoms with Crippen molar-refractivity contribution in [2.75, 3.05) is 11.9 Å². The second kappa shape index (κ2) is 6.01. The van der Waals surface area contributed by atoms with E-state index in [-0.39, 0.29) is 12.1 Å². The molecular formula is C17H17F3N2. The predicted octanol–water partition coefficient (Wildman–Crippen LogP) is 3.96. The fourth-order valence-electron chi connectivity index (χ4n) is 2.84. The van der Waals surface area contributed by atoms with Gasteiger partial charge in [-0.1, -0.05) is 36.4 Å². The molecule has 2 nitrogen and oxygen atoms in total. The van der Waals surface area contributed by atoms with Gasteiger partial charge in [0.05, 0.1) is 5.56 Å². The van der Waals surface area contributed by atoms with E-state index in [0.29, 0.717) is 6.54 Å². The zero-order chi connectivity index (χ0) is 15.6. The third kappa shape index (κ3) is 3.09. The van der Waals surface area contributed by atoms with E-state index in [9.17, 15) is 13.2 Å². The molecule has 0 unspecified atom stereocenters. The second-order valence-electron chi connectivity index (χ2n) is 5.39. The Morgan fingerprint density at radius 3 is 2.50 bits per heavy atom. The lowest BCUT2D eigenvalue weighted by Crippen LogP contribution is -2.17. The molecule has 0 atom stereocenters. The summed E-state index contributed by atoms with van der Waals surface area (Å²) in [6, 6.07) is 11.8. The average Bonchev–Trinajstić information content (AvgIpc) is 2.96. The van der Waals surface area contributed by atoms with E-state index in [2.05, 4.69) is 16.7 Å². The SMILES string of the molecule is FC(F)(F)c1ccccc1CNCc1cccc2c1NCC2. The fraction of sp³-hybridized carbons (Fsp3) is 0.294. The highest BCUT2D eigenvalue weighted by atomic mass is 19.4. The normalized spacial score (nSPS) is 13.8. The summed E-state index contributed by atoms with van der Waals surface area (Å²) in [5.41, 5.74) is 3.20. The number of nitrogens with one attached hydrogen (secondary N) is 2. The van der Waals surface area contributed by atoms with Gasteiger partial charge in [0.2, 0.25) is 0 Å². The van der Waals surface area contributed by atoms with Crippen LogP contribution >= 0.6 is 0 Å². The van der Waals surface area contributed by atoms with E-state index >= 15 is 0 Å². The Labute approximate surface area is 127 Å². The van der Waals surface area contributed by atoms with Crippen molar-refractivity contribution in [1.29, 1.82) is 0 Å². The minimum Gasteiger partial charge on any atom is -0.384 e. The number of para-hydroxylation sites is 1. The van der Waals surface area contributed by atoms with Crippen molar-refractivity contribution in [2.24, 2.45) is 0 Å². The molecule has 0 fully saturated rings. The van der Waals surface area contributed by atoms with E-state index in [0.717, 1.165) is 30.3 Å². The van der Waals surface area contributed by atoms with Gasteiger partial charge in [0.15, 0.2) is 0 Å². The van der Waals surface area contributed by atoms with E-state index in [1.165, 1.54) is 17.7 Å². The highest BCUT2D eigenvalue weighted by molar-refractivity contribution is 5.61. The Balaban J connectivity index is 1.69. The van der Waals surface area contributed by atoms with E-state index in [1.807, 2.05) is 12.1 Å². The van der Waals surface area contributed by atoms with Crippen LogP contribution in [0.3, 0.4) is 0 Å². The van der Waals surface area contributed by atoms with Crippen LogP contribution in [-0.2, 0) is 25.7 Å². The van der Waals surface area contributed by atoms with Crippen LogP contribution in [0.25, 0.3) is 0 Å². The molecule has 0 bridgehead atoms. The Morgan fingerprint density at radius 2 is 1.68 bits per heavy atom. The fourth-order valence-corrected chi connectivity index (χ4v) is 2.84. The Bertz CT molecular complexity index is 665. The lowest BCUT2D eigenvalue weighted by atomic mass is 10.1. The van der Waals surface area contributed by atoms with Gasteiger partial charge in [0, 0.05) is 25.3 Å². The van der Waals surface area contributed by atoms with Crippen LogP contribution in [0, 0.1) is 0 Å². The Morgan fingerprint density at radius 1 is 0.955 bits per heavy atom. The summed E-state index contributed by atoms with van der Waals surface area (Å²) < 4.78 is 38.8. The standard InChI is InChI=1S/C17H17F3N2/c18-17(19,20)15-7-2-1-4-13(15)10-21-11-14-6-3-5-12-8-9-22-16(12)14/h1-7,21-22H,8-11H2. The lowest BCUT2D eigenvalue weighted by molar-refractivity contribution is -0.138. The summed E-state index contributed by atoms with van der Waals surface area (Å²) in [4.78, 5) is 0. The molecule has 0 aliphatic carbocycles. The maximum Gasteiger partial charge on any atom is 0.416 e. The molecule has 0 saturated heterocycles. The molecule has 116 valence electrons. The molecule has 2 N–H and O–H groups in total. The first-order valence-corrected chi connectivity index (χ1v) is 7.26. The number of benzene rings is 2. The minimum absolute atomic E-state index is 0.194. The van der Waals surface area contributed by atoms with Crippen LogP contribution in [0.1, 0.15) is 22.3 Å². The molecule has 2 aromatic carbocycles. The van der Waals surface area contributed by atoms with E-state index < -0.39 is 11.7 Å². The third-order valence-electron chi connectivity index (χ3n) is 3.89. The van der Waals surface area contributed by atoms with Crippen LogP contribution < -0.4 is 10.6 Å². The summed E-state index contributed by atoms with van der Waals surface area (Å²) in [6.45, 7) is 1.66. The Hall–Kier alpha value is -2.01. The molecule has 0 spiro atoms. The van der Waals surface area contributed by atoms with Crippen LogP contribution in [0.2, 0.25) is 0 Å². The molecule has 0 amide bonds. The molecule has 3 rings (SSSR count). The first-order chi connectivity index (χ1) is 10.6. The molecule has 1 aliphatic rings. The third-order valence-corrected chi connectivity index (χ3v) is 3.89. The maximum absolute atomic E-state index is 12.9. The van der Waals surface area contributed by atoms with Gasteiger partial charge in [-0.15, -0.1) is 0 Å². The van der Waals surface area contributed by atoms with Gasteiger partial charge in [-0.25, -0.2) is 0 Å². The molecule has 1 heterocycles. The molecule has 5 heteroatoms. The van der Waals surface area contributed by atoms with Gasteiger partial charge < -0.3 is 10.6 Å². The van der Waals surface area contributed by atoms with Crippen molar-refractivity contribution < 1.29 is 13.2 Å². The molecule has 0 aromatic heterocycles. The highest BCUT2D eigenvalue weighted by Crippen LogP contribution is 2.32. The number of rotatable bonds is 4. The second-order valence-corrected chi connectivity index (χ2v) is 5.39. The number of anilines is 1. The van der Waals surface area contributed by atoms with Gasteiger partial charge in [0.1, 0.15) is 0 Å². The zero-order valence-electron chi connectivity index (χ0n) is 12.0. The first-order valence-electron chi connectivity index (χ1n) is 7.26. The molecule has 0 saturated carbocycles. The van der Waals surface area contributed by atoms with Crippen molar-refractivity contribution in [3.05, 3.63) is 64.7 Å². The summed E-state index contributed by atoms with van der Waals surface area (Å²) in [5, 5.41) is 6.45. The topological polar surface area (TPSA) is 24.1 Å². The number of halogens is 3. The van der Waals surface area contributed by atoms with Crippen molar-refractivity contribution in [2.45, 2.75) is 25.7 Å². The first kappa shape index (κ1) is 14.9. The average molecular weight is 306 g/mol. The van der Waals surface area contributed by atoms with Gasteiger partial charge in [-0.3, -0.25) is 0 Å². The smallest absolute Gasteiger partial charge is 0.384 e. The quantitative estimate of drug-likeness (QED) is 0.893. The summed E-state index contributed by atoms with van der Waals surface area (Å²) >= 11 is 0. The van der Waals surface area contributed by atoms with Crippen LogP contribution in [0.4, 0.5) is 18.9 Å². The number of hydrogen-bond donors (Lipinski definition) is 2. The van der Waals surface area contributed by atoms with Gasteiger partial charge in [-0.2, -0.15) is 13.2 Å². The number of alkyl halides is 3. The lowest BCUT2D eigenvalue weighted by Gasteiger charge is -2.14. The van der Waals surface area contributed by atoms with Crippen LogP contribution in [0.15, 0.2) is 42.5 Å². The molecule has 22 heavy (non-hydrogen) atoms. The van der Waals surface area contributed by atoms with Crippen LogP contribution in [-0.4, -0.2) is 6.54 Å². The van der Waals surface area contributed by atoms with E-state index in [4.69, 9.17) is 0 Å². The Kier molecular flexibility index (Phi) is 4.07. The zero-order valence-corrected chi connectivity index (χ0v) is 12.0. The van der Waals surface area contributed by atoms with E-state index in [1.54, 1.807) is 6.07 Å². The summed E-state index contributed by atoms with van der Waals surface area (Å²) in [7, 11) is 0. The van der Waals surface area contributed by atoms with Crippen molar-refractivity contribution in [3.8, 4) is 0 Å². The predicted molar refractivity (Wildman–Crippen MR) is 80.6 cm³/mol. The van der Waals surface area contributed by atoms with Gasteiger partial charge >= 0.3 is 6.18 Å². The van der Waals surface area contributed by atoms with Crippen molar-refractivity contribution in [3.63, 3.8) is 0 Å².